The lowest BCUT2D eigenvalue weighted by Gasteiger charge is -2.50. The number of hydrogen-bond acceptors (Lipinski definition) is 11. The number of nitrogens with two attached hydrogens (primary N) is 1. The Hall–Kier alpha value is -4.29. The van der Waals surface area contributed by atoms with E-state index in [1.54, 1.807) is 45.2 Å². The summed E-state index contributed by atoms with van der Waals surface area (Å²) in [5, 5.41) is 45.6. The van der Waals surface area contributed by atoms with E-state index in [0.29, 0.717) is 11.3 Å². The third-order valence-electron chi connectivity index (χ3n) is 7.99. The molecule has 0 radical (unpaired) electrons. The Morgan fingerprint density at radius 1 is 1.10 bits per heavy atom. The molecular weight excluding hydrogens is 506 g/mol. The van der Waals surface area contributed by atoms with Crippen LogP contribution in [0.25, 0.3) is 17.1 Å². The number of anilines is 1. The fraction of sp³-hybridized carbons (Fsp3) is 0.370. The molecule has 0 unspecified atom stereocenters. The van der Waals surface area contributed by atoms with Gasteiger partial charge in [0.15, 0.2) is 17.2 Å². The predicted octanol–water partition coefficient (Wildman–Crippen LogP) is 0.487. The first-order chi connectivity index (χ1) is 18.3. The summed E-state index contributed by atoms with van der Waals surface area (Å²) in [4.78, 5) is 51.0. The lowest BCUT2D eigenvalue weighted by Crippen LogP contribution is -2.65. The minimum atomic E-state index is -2.69. The molecule has 3 aliphatic rings. The number of hydrogen-bond donors (Lipinski definition) is 5. The summed E-state index contributed by atoms with van der Waals surface area (Å²) in [6, 6.07) is 2.18. The molecule has 0 spiro atoms. The Balaban J connectivity index is 1.78. The van der Waals surface area contributed by atoms with Gasteiger partial charge < -0.3 is 31.1 Å². The van der Waals surface area contributed by atoms with Gasteiger partial charge in [0, 0.05) is 43.7 Å². The van der Waals surface area contributed by atoms with Crippen LogP contribution in [0.3, 0.4) is 0 Å². The molecule has 1 saturated carbocycles. The number of aromatic hydroxyl groups is 1. The van der Waals surface area contributed by atoms with E-state index in [1.165, 1.54) is 17.3 Å². The maximum Gasteiger partial charge on any atom is 0.255 e. The monoisotopic (exact) mass is 535 g/mol. The second-order valence-corrected chi connectivity index (χ2v) is 10.6. The Morgan fingerprint density at radius 2 is 1.74 bits per heavy atom. The molecule has 1 aromatic heterocycles. The molecule has 4 atom stereocenters. The quantitative estimate of drug-likeness (QED) is 0.342. The lowest BCUT2D eigenvalue weighted by atomic mass is 9.57. The highest BCUT2D eigenvalue weighted by atomic mass is 16.3. The van der Waals surface area contributed by atoms with E-state index in [0.717, 1.165) is 0 Å². The van der Waals surface area contributed by atoms with Crippen molar-refractivity contribution in [1.29, 1.82) is 0 Å². The number of benzene rings is 1. The highest BCUT2D eigenvalue weighted by molar-refractivity contribution is 6.24. The first kappa shape index (κ1) is 26.3. The van der Waals surface area contributed by atoms with E-state index in [4.69, 9.17) is 5.73 Å². The van der Waals surface area contributed by atoms with Crippen molar-refractivity contribution in [2.24, 2.45) is 17.6 Å². The van der Waals surface area contributed by atoms with E-state index in [-0.39, 0.29) is 41.1 Å². The Morgan fingerprint density at radius 3 is 2.31 bits per heavy atom. The van der Waals surface area contributed by atoms with Crippen molar-refractivity contribution in [3.05, 3.63) is 52.6 Å². The maximum absolute atomic E-state index is 14.0. The third-order valence-corrected chi connectivity index (χ3v) is 7.99. The van der Waals surface area contributed by atoms with Crippen LogP contribution < -0.4 is 10.6 Å². The molecule has 3 aliphatic carbocycles. The normalized spacial score (nSPS) is 26.4. The number of nitrogens with zero attached hydrogens (tertiary/aromatic N) is 4. The molecule has 204 valence electrons. The first-order valence-corrected chi connectivity index (χ1v) is 12.3. The number of aromatic nitrogens is 2. The topological polar surface area (TPSA) is 190 Å². The zero-order valence-corrected chi connectivity index (χ0v) is 21.8. The van der Waals surface area contributed by atoms with Crippen LogP contribution in [-0.2, 0) is 20.8 Å². The molecule has 0 aliphatic heterocycles. The highest BCUT2D eigenvalue weighted by Crippen LogP contribution is 2.54. The fourth-order valence-electron chi connectivity index (χ4n) is 6.30. The third kappa shape index (κ3) is 3.55. The molecule has 0 saturated heterocycles. The van der Waals surface area contributed by atoms with Crippen molar-refractivity contribution in [2.75, 3.05) is 33.1 Å². The molecular formula is C27H29N5O7. The summed E-state index contributed by atoms with van der Waals surface area (Å²) in [6.07, 6.45) is 3.21. The van der Waals surface area contributed by atoms with Crippen molar-refractivity contribution in [1.82, 2.24) is 14.9 Å². The van der Waals surface area contributed by atoms with Crippen LogP contribution >= 0.6 is 0 Å². The van der Waals surface area contributed by atoms with E-state index in [2.05, 4.69) is 9.97 Å². The number of phenols is 1. The molecule has 5 rings (SSSR count). The zero-order chi connectivity index (χ0) is 28.5. The zero-order valence-electron chi connectivity index (χ0n) is 21.8. The maximum atomic E-state index is 14.0. The summed E-state index contributed by atoms with van der Waals surface area (Å²) in [5.74, 6) is -6.77. The number of Topliss-reactive ketones (excluding diaryl/α,β-unsaturated/α-hetero) is 2. The van der Waals surface area contributed by atoms with Gasteiger partial charge in [0.05, 0.1) is 17.2 Å². The number of aliphatic hydroxyl groups excluding tert-OH is 2. The van der Waals surface area contributed by atoms with Crippen molar-refractivity contribution in [3.63, 3.8) is 0 Å². The molecule has 1 fully saturated rings. The number of carbonyl (C=O) groups excluding carboxylic acids is 3. The van der Waals surface area contributed by atoms with Gasteiger partial charge in [0.1, 0.15) is 22.8 Å². The van der Waals surface area contributed by atoms with Gasteiger partial charge in [-0.25, -0.2) is 9.97 Å². The van der Waals surface area contributed by atoms with E-state index in [9.17, 15) is 34.8 Å². The van der Waals surface area contributed by atoms with E-state index in [1.807, 2.05) is 0 Å². The Labute approximate surface area is 223 Å². The summed E-state index contributed by atoms with van der Waals surface area (Å²) in [6.45, 7) is 0. The van der Waals surface area contributed by atoms with Gasteiger partial charge in [-0.1, -0.05) is 0 Å². The van der Waals surface area contributed by atoms with E-state index >= 15 is 0 Å². The van der Waals surface area contributed by atoms with Gasteiger partial charge in [-0.2, -0.15) is 0 Å². The molecule has 2 aromatic rings. The van der Waals surface area contributed by atoms with Gasteiger partial charge in [0.25, 0.3) is 5.91 Å². The molecule has 12 nitrogen and oxygen atoms in total. The molecule has 0 bridgehead atoms. The SMILES string of the molecule is CN(C)c1cc(-c2ncccn2)c(O)c2c1C[C@H]1C[C@H]3[C@H](N(C)C)C(=O)C(C(N)=O)=C(O)[C@@]3(O)C(=O)C1=C2O. The van der Waals surface area contributed by atoms with Crippen molar-refractivity contribution < 1.29 is 34.8 Å². The number of amides is 1. The Kier molecular flexibility index (Phi) is 6.00. The minimum Gasteiger partial charge on any atom is -0.508 e. The van der Waals surface area contributed by atoms with Crippen LogP contribution in [0.5, 0.6) is 5.75 Å². The summed E-state index contributed by atoms with van der Waals surface area (Å²) >= 11 is 0. The molecule has 1 heterocycles. The van der Waals surface area contributed by atoms with Gasteiger partial charge >= 0.3 is 0 Å². The Bertz CT molecular complexity index is 1500. The number of primary amides is 1. The summed E-state index contributed by atoms with van der Waals surface area (Å²) < 4.78 is 0. The van der Waals surface area contributed by atoms with Crippen molar-refractivity contribution >= 4 is 28.9 Å². The number of phenolic OH excluding ortho intramolecular Hbond substituents is 1. The smallest absolute Gasteiger partial charge is 0.255 e. The predicted molar refractivity (Wildman–Crippen MR) is 140 cm³/mol. The van der Waals surface area contributed by atoms with Crippen LogP contribution in [-0.4, -0.2) is 92.6 Å². The highest BCUT2D eigenvalue weighted by Gasteiger charge is 2.64. The number of likely N-dealkylation sites (N-methyl/N-ethyl adjacent to an activating group) is 1. The van der Waals surface area contributed by atoms with Crippen molar-refractivity contribution in [2.45, 2.75) is 24.5 Å². The molecule has 12 heteroatoms. The fourth-order valence-corrected chi connectivity index (χ4v) is 6.30. The second-order valence-electron chi connectivity index (χ2n) is 10.6. The minimum absolute atomic E-state index is 0.0139. The number of fused-ring (bicyclic) bond motifs is 3. The van der Waals surface area contributed by atoms with E-state index < -0.39 is 58.0 Å². The van der Waals surface area contributed by atoms with Gasteiger partial charge in [0.2, 0.25) is 5.78 Å². The standard InChI is InChI=1S/C27H29N5O7/c1-31(2)15-10-13(26-29-6-5-7-30-26)20(33)17-12(15)8-11-9-14-19(32(3)4)22(35)18(25(28)38)24(37)27(14,39)23(36)16(11)21(17)34/h5-7,10-11,14,19,33-34,37,39H,8-9H2,1-4H3,(H2,28,38)/t11-,14-,19-,27-/m0/s1. The summed E-state index contributed by atoms with van der Waals surface area (Å²) in [7, 11) is 6.70. The van der Waals surface area contributed by atoms with Gasteiger partial charge in [-0.3, -0.25) is 19.3 Å². The molecule has 1 aromatic carbocycles. The summed E-state index contributed by atoms with van der Waals surface area (Å²) in [5.41, 5.74) is 3.02. The average molecular weight is 536 g/mol. The van der Waals surface area contributed by atoms with Gasteiger partial charge in [-0.15, -0.1) is 0 Å². The largest absolute Gasteiger partial charge is 0.508 e. The number of rotatable bonds is 4. The van der Waals surface area contributed by atoms with Crippen LogP contribution in [0.2, 0.25) is 0 Å². The molecule has 1 amide bonds. The number of ketones is 2. The molecule has 6 N–H and O–H groups in total. The van der Waals surface area contributed by atoms with Crippen LogP contribution in [0.4, 0.5) is 5.69 Å². The van der Waals surface area contributed by atoms with Crippen LogP contribution in [0, 0.1) is 11.8 Å². The average Bonchev–Trinajstić information content (AvgIpc) is 2.86. The lowest BCUT2D eigenvalue weighted by molar-refractivity contribution is -0.153. The number of aliphatic hydroxyl groups is 3. The van der Waals surface area contributed by atoms with Crippen molar-refractivity contribution in [3.8, 4) is 17.1 Å². The first-order valence-electron chi connectivity index (χ1n) is 12.3. The molecule has 39 heavy (non-hydrogen) atoms. The number of carbonyl (C=O) groups is 3. The van der Waals surface area contributed by atoms with Gasteiger partial charge in [-0.05, 0) is 50.6 Å². The van der Waals surface area contributed by atoms with Crippen LogP contribution in [0.15, 0.2) is 41.4 Å². The van der Waals surface area contributed by atoms with Crippen LogP contribution in [0.1, 0.15) is 17.5 Å². The second kappa shape index (κ2) is 8.89.